The second-order valence-corrected chi connectivity index (χ2v) is 7.50. The number of carboxylic acid groups (broad SMARTS) is 1. The summed E-state index contributed by atoms with van der Waals surface area (Å²) in [7, 11) is 1.52. The second kappa shape index (κ2) is 8.43. The first-order valence-electron chi connectivity index (χ1n) is 8.21. The predicted octanol–water partition coefficient (Wildman–Crippen LogP) is 3.54. The van der Waals surface area contributed by atoms with Gasteiger partial charge in [-0.3, -0.25) is 4.98 Å². The van der Waals surface area contributed by atoms with Gasteiger partial charge in [0.05, 0.1) is 17.8 Å². The molecule has 0 bridgehead atoms. The van der Waals surface area contributed by atoms with E-state index in [1.54, 1.807) is 50.0 Å². The Morgan fingerprint density at radius 1 is 1.33 bits per heavy atom. The molecule has 0 fully saturated rings. The van der Waals surface area contributed by atoms with Gasteiger partial charge in [0.15, 0.2) is 0 Å². The van der Waals surface area contributed by atoms with Crippen molar-refractivity contribution in [3.8, 4) is 16.9 Å². The number of amides is 1. The van der Waals surface area contributed by atoms with Gasteiger partial charge in [0.2, 0.25) is 0 Å². The number of nitrogens with zero attached hydrogens (tertiary/aromatic N) is 2. The fraction of sp³-hybridized carbons (Fsp3) is 0.389. The molecule has 0 aromatic carbocycles. The molecule has 2 heterocycles. The highest BCUT2D eigenvalue weighted by atomic mass is 79.9. The average Bonchev–Trinajstić information content (AvgIpc) is 2.89. The van der Waals surface area contributed by atoms with Gasteiger partial charge >= 0.3 is 12.1 Å². The third-order valence-electron chi connectivity index (χ3n) is 3.53. The lowest BCUT2D eigenvalue weighted by molar-refractivity contribution is 0.0526. The van der Waals surface area contributed by atoms with Gasteiger partial charge < -0.3 is 24.5 Å². The molecule has 2 aromatic rings. The predicted molar refractivity (Wildman–Crippen MR) is 103 cm³/mol. The number of hydrogen-bond acceptors (Lipinski definition) is 5. The van der Waals surface area contributed by atoms with E-state index in [9.17, 15) is 14.7 Å². The Labute approximate surface area is 165 Å². The molecular formula is C18H22BrN3O5. The maximum Gasteiger partial charge on any atom is 0.407 e. The number of rotatable bonds is 6. The van der Waals surface area contributed by atoms with E-state index < -0.39 is 17.7 Å². The summed E-state index contributed by atoms with van der Waals surface area (Å²) >= 11 is 3.37. The number of hydrogen-bond donors (Lipinski definition) is 2. The molecule has 9 heteroatoms. The molecule has 0 radical (unpaired) electrons. The van der Waals surface area contributed by atoms with Crippen LogP contribution >= 0.6 is 15.9 Å². The number of aromatic nitrogens is 2. The summed E-state index contributed by atoms with van der Waals surface area (Å²) in [6.45, 7) is 5.78. The highest BCUT2D eigenvalue weighted by molar-refractivity contribution is 9.10. The normalized spacial score (nSPS) is 11.1. The van der Waals surface area contributed by atoms with Crippen LogP contribution in [0.3, 0.4) is 0 Å². The van der Waals surface area contributed by atoms with E-state index in [2.05, 4.69) is 26.2 Å². The number of aromatic carboxylic acids is 1. The first-order chi connectivity index (χ1) is 12.6. The van der Waals surface area contributed by atoms with Crippen LogP contribution in [0.1, 0.15) is 31.3 Å². The molecule has 1 amide bonds. The van der Waals surface area contributed by atoms with Gasteiger partial charge in [-0.05, 0) is 42.8 Å². The Morgan fingerprint density at radius 2 is 2.04 bits per heavy atom. The van der Waals surface area contributed by atoms with Crippen LogP contribution in [0.4, 0.5) is 4.79 Å². The third kappa shape index (κ3) is 5.22. The summed E-state index contributed by atoms with van der Waals surface area (Å²) in [6, 6.07) is 1.74. The minimum Gasteiger partial charge on any atom is -0.494 e. The summed E-state index contributed by atoms with van der Waals surface area (Å²) in [6.07, 6.45) is 4.30. The molecule has 2 N–H and O–H groups in total. The van der Waals surface area contributed by atoms with Crippen molar-refractivity contribution in [2.24, 2.45) is 0 Å². The standard InChI is InChI=1S/C18H22BrN3O5/c1-18(2,3)27-17(25)21-7-8-22-10-12(14(19)15(22)16(23)24)11-5-6-20-9-13(11)26-4/h5-6,9-10H,7-8H2,1-4H3,(H,21,25)(H,23,24). The number of alkyl carbamates (subject to hydrolysis) is 1. The van der Waals surface area contributed by atoms with Gasteiger partial charge in [-0.25, -0.2) is 9.59 Å². The van der Waals surface area contributed by atoms with Gasteiger partial charge in [-0.2, -0.15) is 0 Å². The van der Waals surface area contributed by atoms with Crippen LogP contribution in [0.25, 0.3) is 11.1 Å². The fourth-order valence-corrected chi connectivity index (χ4v) is 3.18. The quantitative estimate of drug-likeness (QED) is 0.713. The molecule has 2 rings (SSSR count). The SMILES string of the molecule is COc1cnccc1-c1cn(CCNC(=O)OC(C)(C)C)c(C(=O)O)c1Br. The van der Waals surface area contributed by atoms with Gasteiger partial charge in [0.1, 0.15) is 17.0 Å². The monoisotopic (exact) mass is 439 g/mol. The Balaban J connectivity index is 2.24. The second-order valence-electron chi connectivity index (χ2n) is 6.71. The molecule has 27 heavy (non-hydrogen) atoms. The first-order valence-corrected chi connectivity index (χ1v) is 9.00. The van der Waals surface area contributed by atoms with E-state index in [1.165, 1.54) is 7.11 Å². The number of halogens is 1. The number of ether oxygens (including phenoxy) is 2. The minimum absolute atomic E-state index is 0.0786. The third-order valence-corrected chi connectivity index (χ3v) is 4.34. The molecule has 0 aliphatic carbocycles. The van der Waals surface area contributed by atoms with E-state index in [0.717, 1.165) is 0 Å². The molecular weight excluding hydrogens is 418 g/mol. The van der Waals surface area contributed by atoms with E-state index in [4.69, 9.17) is 9.47 Å². The molecule has 8 nitrogen and oxygen atoms in total. The molecule has 146 valence electrons. The topological polar surface area (TPSA) is 103 Å². The summed E-state index contributed by atoms with van der Waals surface area (Å²) in [5, 5.41) is 12.2. The maximum absolute atomic E-state index is 11.8. The molecule has 0 unspecified atom stereocenters. The lowest BCUT2D eigenvalue weighted by Gasteiger charge is -2.19. The van der Waals surface area contributed by atoms with Crippen LogP contribution in [-0.2, 0) is 11.3 Å². The molecule has 0 aliphatic rings. The zero-order chi connectivity index (χ0) is 20.2. The van der Waals surface area contributed by atoms with Gasteiger partial charge in [-0.15, -0.1) is 0 Å². The zero-order valence-corrected chi connectivity index (χ0v) is 17.2. The van der Waals surface area contributed by atoms with Crippen LogP contribution in [0.5, 0.6) is 5.75 Å². The minimum atomic E-state index is -1.08. The zero-order valence-electron chi connectivity index (χ0n) is 15.6. The van der Waals surface area contributed by atoms with Crippen molar-refractivity contribution in [1.82, 2.24) is 14.9 Å². The number of methoxy groups -OCH3 is 1. The van der Waals surface area contributed by atoms with E-state index in [-0.39, 0.29) is 18.8 Å². The van der Waals surface area contributed by atoms with Crippen molar-refractivity contribution in [2.75, 3.05) is 13.7 Å². The van der Waals surface area contributed by atoms with Crippen molar-refractivity contribution in [1.29, 1.82) is 0 Å². The van der Waals surface area contributed by atoms with Gasteiger partial charge in [0.25, 0.3) is 0 Å². The van der Waals surface area contributed by atoms with Gasteiger partial charge in [-0.1, -0.05) is 0 Å². The Bertz CT molecular complexity index is 842. The Morgan fingerprint density at radius 3 is 2.63 bits per heavy atom. The van der Waals surface area contributed by atoms with E-state index in [1.807, 2.05) is 0 Å². The molecule has 0 saturated carbocycles. The molecule has 0 spiro atoms. The smallest absolute Gasteiger partial charge is 0.407 e. The average molecular weight is 440 g/mol. The highest BCUT2D eigenvalue weighted by Gasteiger charge is 2.22. The highest BCUT2D eigenvalue weighted by Crippen LogP contribution is 2.37. The Hall–Kier alpha value is -2.55. The maximum atomic E-state index is 11.8. The van der Waals surface area contributed by atoms with Crippen LogP contribution < -0.4 is 10.1 Å². The van der Waals surface area contributed by atoms with Crippen LogP contribution in [0.2, 0.25) is 0 Å². The number of carbonyl (C=O) groups excluding carboxylic acids is 1. The number of carbonyl (C=O) groups is 2. The van der Waals surface area contributed by atoms with E-state index in [0.29, 0.717) is 21.3 Å². The number of pyridine rings is 1. The van der Waals surface area contributed by atoms with Crippen molar-refractivity contribution in [2.45, 2.75) is 32.9 Å². The fourth-order valence-electron chi connectivity index (χ4n) is 2.47. The number of carboxylic acids is 1. The van der Waals surface area contributed by atoms with Crippen molar-refractivity contribution in [3.63, 3.8) is 0 Å². The summed E-state index contributed by atoms with van der Waals surface area (Å²) < 4.78 is 12.5. The summed E-state index contributed by atoms with van der Waals surface area (Å²) in [5.74, 6) is -0.558. The lowest BCUT2D eigenvalue weighted by atomic mass is 10.1. The molecule has 0 aliphatic heterocycles. The first kappa shape index (κ1) is 20.8. The van der Waals surface area contributed by atoms with Crippen LogP contribution in [0.15, 0.2) is 29.1 Å². The summed E-state index contributed by atoms with van der Waals surface area (Å²) in [5.41, 5.74) is 0.845. The Kier molecular flexibility index (Phi) is 6.48. The lowest BCUT2D eigenvalue weighted by Crippen LogP contribution is -2.34. The van der Waals surface area contributed by atoms with Crippen molar-refractivity contribution >= 4 is 28.0 Å². The molecule has 0 saturated heterocycles. The van der Waals surface area contributed by atoms with Crippen LogP contribution in [-0.4, -0.2) is 46.0 Å². The molecule has 2 aromatic heterocycles. The largest absolute Gasteiger partial charge is 0.494 e. The number of nitrogens with one attached hydrogen (secondary N) is 1. The van der Waals surface area contributed by atoms with Gasteiger partial charge in [0, 0.05) is 36.6 Å². The van der Waals surface area contributed by atoms with Crippen molar-refractivity contribution in [3.05, 3.63) is 34.8 Å². The summed E-state index contributed by atoms with van der Waals surface area (Å²) in [4.78, 5) is 27.5. The molecule has 0 atom stereocenters. The van der Waals surface area contributed by atoms with Crippen molar-refractivity contribution < 1.29 is 24.2 Å². The van der Waals surface area contributed by atoms with Crippen LogP contribution in [0, 0.1) is 0 Å². The van der Waals surface area contributed by atoms with E-state index >= 15 is 0 Å².